The van der Waals surface area contributed by atoms with E-state index in [0.717, 1.165) is 28.8 Å². The Morgan fingerprint density at radius 3 is 2.65 bits per heavy atom. The molecule has 1 aromatic carbocycles. The van der Waals surface area contributed by atoms with Crippen LogP contribution in [0.3, 0.4) is 0 Å². The normalized spacial score (nSPS) is 12.7. The number of rotatable bonds is 5. The molecule has 0 radical (unpaired) electrons. The summed E-state index contributed by atoms with van der Waals surface area (Å²) in [6.07, 6.45) is 1.06. The van der Waals surface area contributed by atoms with E-state index in [4.69, 9.17) is 5.10 Å². The SMILES string of the molecule is CNCC(C)Cc1c(C)nn(-c2ccccc2Br)c1C. The third-order valence-corrected chi connectivity index (χ3v) is 4.30. The van der Waals surface area contributed by atoms with Crippen molar-refractivity contribution in [2.45, 2.75) is 27.2 Å². The first-order chi connectivity index (χ1) is 9.54. The van der Waals surface area contributed by atoms with Gasteiger partial charge in [-0.1, -0.05) is 19.1 Å². The minimum atomic E-state index is 0.606. The van der Waals surface area contributed by atoms with Gasteiger partial charge in [0.25, 0.3) is 0 Å². The van der Waals surface area contributed by atoms with Crippen LogP contribution in [-0.2, 0) is 6.42 Å². The molecule has 0 saturated carbocycles. The van der Waals surface area contributed by atoms with Gasteiger partial charge in [-0.25, -0.2) is 4.68 Å². The number of para-hydroxylation sites is 1. The van der Waals surface area contributed by atoms with Crippen LogP contribution < -0.4 is 5.32 Å². The molecule has 0 amide bonds. The van der Waals surface area contributed by atoms with Gasteiger partial charge in [0.1, 0.15) is 0 Å². The fourth-order valence-electron chi connectivity index (χ4n) is 2.60. The average Bonchev–Trinajstić information content (AvgIpc) is 2.68. The zero-order valence-electron chi connectivity index (χ0n) is 12.6. The van der Waals surface area contributed by atoms with Crippen molar-refractivity contribution in [3.8, 4) is 5.69 Å². The van der Waals surface area contributed by atoms with Gasteiger partial charge in [0.15, 0.2) is 0 Å². The second-order valence-corrected chi connectivity index (χ2v) is 6.23. The summed E-state index contributed by atoms with van der Waals surface area (Å²) in [5.41, 5.74) is 4.82. The molecule has 0 aliphatic carbocycles. The van der Waals surface area contributed by atoms with Gasteiger partial charge in [0, 0.05) is 10.2 Å². The maximum atomic E-state index is 4.72. The Morgan fingerprint density at radius 1 is 1.30 bits per heavy atom. The van der Waals surface area contributed by atoms with E-state index in [1.807, 2.05) is 23.9 Å². The first-order valence-electron chi connectivity index (χ1n) is 6.99. The molecule has 1 N–H and O–H groups in total. The molecule has 4 heteroatoms. The van der Waals surface area contributed by atoms with E-state index in [0.29, 0.717) is 5.92 Å². The molecule has 1 heterocycles. The second-order valence-electron chi connectivity index (χ2n) is 5.38. The zero-order chi connectivity index (χ0) is 14.7. The Kier molecular flexibility index (Phi) is 5.00. The minimum Gasteiger partial charge on any atom is -0.319 e. The van der Waals surface area contributed by atoms with Gasteiger partial charge in [0.2, 0.25) is 0 Å². The molecule has 1 unspecified atom stereocenters. The van der Waals surface area contributed by atoms with Crippen molar-refractivity contribution in [3.63, 3.8) is 0 Å². The molecule has 1 aromatic heterocycles. The van der Waals surface area contributed by atoms with Crippen LogP contribution in [0.15, 0.2) is 28.7 Å². The zero-order valence-corrected chi connectivity index (χ0v) is 14.2. The van der Waals surface area contributed by atoms with Gasteiger partial charge in [-0.2, -0.15) is 5.10 Å². The first-order valence-corrected chi connectivity index (χ1v) is 7.78. The van der Waals surface area contributed by atoms with Crippen molar-refractivity contribution in [2.24, 2.45) is 5.92 Å². The van der Waals surface area contributed by atoms with E-state index in [2.05, 4.69) is 54.2 Å². The van der Waals surface area contributed by atoms with Gasteiger partial charge >= 0.3 is 0 Å². The fourth-order valence-corrected chi connectivity index (χ4v) is 3.05. The van der Waals surface area contributed by atoms with Crippen LogP contribution in [0.4, 0.5) is 0 Å². The maximum absolute atomic E-state index is 4.72. The summed E-state index contributed by atoms with van der Waals surface area (Å²) < 4.78 is 3.11. The predicted octanol–water partition coefficient (Wildman–Crippen LogP) is 3.65. The average molecular weight is 336 g/mol. The lowest BCUT2D eigenvalue weighted by atomic mass is 9.99. The Hall–Kier alpha value is -1.13. The van der Waals surface area contributed by atoms with Gasteiger partial charge in [-0.15, -0.1) is 0 Å². The molecule has 20 heavy (non-hydrogen) atoms. The Labute approximate surface area is 129 Å². The third kappa shape index (κ3) is 3.13. The maximum Gasteiger partial charge on any atom is 0.0790 e. The van der Waals surface area contributed by atoms with Crippen molar-refractivity contribution >= 4 is 15.9 Å². The summed E-state index contributed by atoms with van der Waals surface area (Å²) in [4.78, 5) is 0. The van der Waals surface area contributed by atoms with Crippen LogP contribution in [0.25, 0.3) is 5.69 Å². The van der Waals surface area contributed by atoms with E-state index in [1.165, 1.54) is 11.3 Å². The monoisotopic (exact) mass is 335 g/mol. The number of nitrogens with zero attached hydrogens (tertiary/aromatic N) is 2. The van der Waals surface area contributed by atoms with Crippen molar-refractivity contribution in [1.82, 2.24) is 15.1 Å². The Morgan fingerprint density at radius 2 is 2.00 bits per heavy atom. The van der Waals surface area contributed by atoms with Crippen LogP contribution in [0, 0.1) is 19.8 Å². The van der Waals surface area contributed by atoms with Crippen molar-refractivity contribution in [1.29, 1.82) is 0 Å². The lowest BCUT2D eigenvalue weighted by Gasteiger charge is -2.11. The third-order valence-electron chi connectivity index (χ3n) is 3.63. The van der Waals surface area contributed by atoms with E-state index in [-0.39, 0.29) is 0 Å². The minimum absolute atomic E-state index is 0.606. The van der Waals surface area contributed by atoms with Crippen molar-refractivity contribution in [2.75, 3.05) is 13.6 Å². The van der Waals surface area contributed by atoms with E-state index in [9.17, 15) is 0 Å². The molecular weight excluding hydrogens is 314 g/mol. The quantitative estimate of drug-likeness (QED) is 0.903. The molecule has 2 rings (SSSR count). The van der Waals surface area contributed by atoms with Crippen LogP contribution in [0.1, 0.15) is 23.9 Å². The van der Waals surface area contributed by atoms with Gasteiger partial charge in [0.05, 0.1) is 11.4 Å². The standard InChI is InChI=1S/C16H22BrN3/c1-11(10-18-4)9-14-12(2)19-20(13(14)3)16-8-6-5-7-15(16)17/h5-8,11,18H,9-10H2,1-4H3. The number of benzene rings is 1. The Bertz CT molecular complexity index is 589. The highest BCUT2D eigenvalue weighted by Crippen LogP contribution is 2.25. The first kappa shape index (κ1) is 15.3. The molecule has 108 valence electrons. The van der Waals surface area contributed by atoms with Crippen LogP contribution >= 0.6 is 15.9 Å². The summed E-state index contributed by atoms with van der Waals surface area (Å²) >= 11 is 3.61. The van der Waals surface area contributed by atoms with Crippen molar-refractivity contribution in [3.05, 3.63) is 45.7 Å². The summed E-state index contributed by atoms with van der Waals surface area (Å²) in [5.74, 6) is 0.606. The smallest absolute Gasteiger partial charge is 0.0790 e. The lowest BCUT2D eigenvalue weighted by molar-refractivity contribution is 0.539. The second kappa shape index (κ2) is 6.55. The number of aryl methyl sites for hydroxylation is 1. The molecular formula is C16H22BrN3. The highest BCUT2D eigenvalue weighted by Gasteiger charge is 2.16. The topological polar surface area (TPSA) is 29.9 Å². The van der Waals surface area contributed by atoms with Gasteiger partial charge in [-0.3, -0.25) is 0 Å². The number of hydrogen-bond donors (Lipinski definition) is 1. The van der Waals surface area contributed by atoms with Gasteiger partial charge in [-0.05, 0) is 73.4 Å². The summed E-state index contributed by atoms with van der Waals surface area (Å²) in [7, 11) is 2.00. The lowest BCUT2D eigenvalue weighted by Crippen LogP contribution is -2.18. The van der Waals surface area contributed by atoms with Crippen molar-refractivity contribution < 1.29 is 0 Å². The molecule has 0 saturated heterocycles. The van der Waals surface area contributed by atoms with Crippen LogP contribution in [0.5, 0.6) is 0 Å². The molecule has 1 atom stereocenters. The number of hydrogen-bond acceptors (Lipinski definition) is 2. The number of nitrogens with one attached hydrogen (secondary N) is 1. The van der Waals surface area contributed by atoms with E-state index >= 15 is 0 Å². The highest BCUT2D eigenvalue weighted by atomic mass is 79.9. The molecule has 3 nitrogen and oxygen atoms in total. The molecule has 0 spiro atoms. The molecule has 0 fully saturated rings. The largest absolute Gasteiger partial charge is 0.319 e. The summed E-state index contributed by atoms with van der Waals surface area (Å²) in [6, 6.07) is 8.20. The van der Waals surface area contributed by atoms with Gasteiger partial charge < -0.3 is 5.32 Å². The molecule has 0 aliphatic heterocycles. The highest BCUT2D eigenvalue weighted by molar-refractivity contribution is 9.10. The summed E-state index contributed by atoms with van der Waals surface area (Å²) in [5, 5.41) is 7.96. The van der Waals surface area contributed by atoms with E-state index < -0.39 is 0 Å². The number of halogens is 1. The molecule has 0 aliphatic rings. The molecule has 0 bridgehead atoms. The van der Waals surface area contributed by atoms with Crippen LogP contribution in [0.2, 0.25) is 0 Å². The summed E-state index contributed by atoms with van der Waals surface area (Å²) in [6.45, 7) is 7.55. The molecule has 2 aromatic rings. The van der Waals surface area contributed by atoms with E-state index in [1.54, 1.807) is 0 Å². The fraction of sp³-hybridized carbons (Fsp3) is 0.438. The Balaban J connectivity index is 2.36. The van der Waals surface area contributed by atoms with Crippen LogP contribution in [-0.4, -0.2) is 23.4 Å². The predicted molar refractivity (Wildman–Crippen MR) is 87.5 cm³/mol. The number of aromatic nitrogens is 2.